The Hall–Kier alpha value is -3.23. The lowest BCUT2D eigenvalue weighted by Crippen LogP contribution is -2.46. The van der Waals surface area contributed by atoms with E-state index < -0.39 is 13.0 Å². The number of likely N-dealkylation sites (tertiary alicyclic amines) is 1. The van der Waals surface area contributed by atoms with Gasteiger partial charge in [-0.2, -0.15) is 0 Å². The molecular weight excluding hydrogens is 491 g/mol. The molecule has 0 spiro atoms. The number of aryl methyl sites for hydroxylation is 2. The molecule has 2 fully saturated rings. The van der Waals surface area contributed by atoms with Crippen LogP contribution in [0.15, 0.2) is 47.7 Å². The zero-order valence-electron chi connectivity index (χ0n) is 23.2. The van der Waals surface area contributed by atoms with Gasteiger partial charge in [-0.3, -0.25) is 19.5 Å². The highest BCUT2D eigenvalue weighted by Crippen LogP contribution is 2.50. The lowest BCUT2D eigenvalue weighted by molar-refractivity contribution is -0.140. The number of pyridine rings is 1. The van der Waals surface area contributed by atoms with E-state index in [0.29, 0.717) is 37.9 Å². The number of carbonyl (C=O) groups is 2. The van der Waals surface area contributed by atoms with E-state index in [0.717, 1.165) is 45.5 Å². The van der Waals surface area contributed by atoms with Gasteiger partial charge < -0.3 is 14.8 Å². The third-order valence-corrected chi connectivity index (χ3v) is 8.51. The van der Waals surface area contributed by atoms with Crippen LogP contribution in [0.2, 0.25) is 6.32 Å². The topological polar surface area (TPSA) is 100.0 Å². The summed E-state index contributed by atoms with van der Waals surface area (Å²) in [4.78, 5) is 32.5. The number of aromatic nitrogens is 1. The molecule has 39 heavy (non-hydrogen) atoms. The highest BCUT2D eigenvalue weighted by Gasteiger charge is 2.56. The normalized spacial score (nSPS) is 25.3. The minimum atomic E-state index is -0.983. The van der Waals surface area contributed by atoms with E-state index in [4.69, 9.17) is 4.65 Å². The van der Waals surface area contributed by atoms with Gasteiger partial charge in [0.15, 0.2) is 0 Å². The van der Waals surface area contributed by atoms with Crippen molar-refractivity contribution < 1.29 is 24.4 Å². The van der Waals surface area contributed by atoms with Gasteiger partial charge in [0.05, 0.1) is 23.6 Å². The van der Waals surface area contributed by atoms with Crippen molar-refractivity contribution in [3.63, 3.8) is 0 Å². The quantitative estimate of drug-likeness (QED) is 0.300. The lowest BCUT2D eigenvalue weighted by atomic mass is 9.58. The molecule has 0 bridgehead atoms. The Bertz CT molecular complexity index is 1310. The number of hydrogen-bond acceptors (Lipinski definition) is 6. The molecule has 2 amide bonds. The highest BCUT2D eigenvalue weighted by molar-refractivity contribution is 6.43. The molecule has 1 aromatic carbocycles. The first-order valence-corrected chi connectivity index (χ1v) is 14.0. The van der Waals surface area contributed by atoms with Crippen LogP contribution in [-0.4, -0.2) is 51.6 Å². The Balaban J connectivity index is 1.44. The first-order valence-electron chi connectivity index (χ1n) is 14.0. The minimum absolute atomic E-state index is 0.0670. The van der Waals surface area contributed by atoms with Gasteiger partial charge in [-0.25, -0.2) is 0 Å². The molecule has 1 aromatic heterocycles. The van der Waals surface area contributed by atoms with Gasteiger partial charge in [0.25, 0.3) is 0 Å². The van der Waals surface area contributed by atoms with Crippen LogP contribution in [0.5, 0.6) is 5.75 Å². The average Bonchev–Trinajstić information content (AvgIpc) is 3.14. The minimum Gasteiger partial charge on any atom is -0.507 e. The van der Waals surface area contributed by atoms with Gasteiger partial charge in [0, 0.05) is 12.7 Å². The van der Waals surface area contributed by atoms with Gasteiger partial charge in [-0.05, 0) is 117 Å². The Labute approximate surface area is 230 Å². The van der Waals surface area contributed by atoms with Crippen LogP contribution in [0.4, 0.5) is 0 Å². The van der Waals surface area contributed by atoms with Gasteiger partial charge in [0.2, 0.25) is 11.8 Å². The van der Waals surface area contributed by atoms with Crippen LogP contribution in [0, 0.1) is 31.6 Å². The number of imide groups is 1. The second-order valence-electron chi connectivity index (χ2n) is 11.2. The second-order valence-corrected chi connectivity index (χ2v) is 11.2. The van der Waals surface area contributed by atoms with Crippen molar-refractivity contribution in [3.8, 4) is 5.75 Å². The molecule has 3 heterocycles. The van der Waals surface area contributed by atoms with Gasteiger partial charge in [-0.1, -0.05) is 18.6 Å². The Morgan fingerprint density at radius 2 is 1.90 bits per heavy atom. The number of benzene rings is 1. The number of amides is 2. The predicted molar refractivity (Wildman–Crippen MR) is 151 cm³/mol. The molecule has 0 unspecified atom stereocenters. The van der Waals surface area contributed by atoms with Crippen LogP contribution in [-0.2, 0) is 14.2 Å². The third kappa shape index (κ3) is 5.20. The number of rotatable bonds is 7. The van der Waals surface area contributed by atoms with Crippen molar-refractivity contribution in [1.82, 2.24) is 9.88 Å². The van der Waals surface area contributed by atoms with Crippen molar-refractivity contribution in [2.45, 2.75) is 65.8 Å². The number of allylic oxidation sites excluding steroid dienone is 2. The molecule has 204 valence electrons. The van der Waals surface area contributed by atoms with Crippen molar-refractivity contribution >= 4 is 30.6 Å². The smallest absolute Gasteiger partial charge is 0.455 e. The van der Waals surface area contributed by atoms with Crippen molar-refractivity contribution in [3.05, 3.63) is 70.1 Å². The number of carbonyl (C=O) groups excluding carboxylic acids is 2. The summed E-state index contributed by atoms with van der Waals surface area (Å²) < 4.78 is 6.11. The van der Waals surface area contributed by atoms with Gasteiger partial charge in [0.1, 0.15) is 5.75 Å². The molecule has 0 radical (unpaired) electrons. The summed E-state index contributed by atoms with van der Waals surface area (Å²) in [5.41, 5.74) is 6.67. The number of phenols is 1. The predicted octanol–water partition coefficient (Wildman–Crippen LogP) is 4.95. The molecule has 8 heteroatoms. The van der Waals surface area contributed by atoms with E-state index >= 15 is 0 Å². The summed E-state index contributed by atoms with van der Waals surface area (Å²) >= 11 is 0. The SMILES string of the molecule is CCCN1C(=O)[C@@H]2[C@@H](CC(C)=C3[C@@H](CC/C(=C/c4cc(C)c(O)c(C)c4)c4ccccn4)OB(O)C[C@@H]32)C1=O. The Kier molecular flexibility index (Phi) is 7.78. The summed E-state index contributed by atoms with van der Waals surface area (Å²) in [5.74, 6) is -0.811. The Morgan fingerprint density at radius 1 is 1.15 bits per heavy atom. The molecular formula is C31H37BN2O5. The summed E-state index contributed by atoms with van der Waals surface area (Å²) in [5, 5.41) is 21.0. The fourth-order valence-corrected chi connectivity index (χ4v) is 6.82. The van der Waals surface area contributed by atoms with Crippen molar-refractivity contribution in [1.29, 1.82) is 0 Å². The fourth-order valence-electron chi connectivity index (χ4n) is 6.82. The molecule has 5 rings (SSSR count). The molecule has 3 aliphatic rings. The highest BCUT2D eigenvalue weighted by atomic mass is 16.5. The van der Waals surface area contributed by atoms with Gasteiger partial charge >= 0.3 is 7.12 Å². The van der Waals surface area contributed by atoms with E-state index in [1.54, 1.807) is 6.20 Å². The number of aromatic hydroxyl groups is 1. The van der Waals surface area contributed by atoms with Crippen LogP contribution in [0.3, 0.4) is 0 Å². The van der Waals surface area contributed by atoms with E-state index in [9.17, 15) is 19.7 Å². The largest absolute Gasteiger partial charge is 0.507 e. The molecule has 2 N–H and O–H groups in total. The molecule has 2 aromatic rings. The zero-order chi connectivity index (χ0) is 27.8. The standard InChI is InChI=1S/C31H37BN2O5/c1-5-12-34-30(36)23-15-18(2)27-24(28(23)31(34)37)17-32(38)39-26(27)10-9-22(25-8-6-7-11-33-25)16-21-13-19(3)29(35)20(4)14-21/h6-8,11,13-14,16,23-24,26,28,35,38H,5,9-10,12,15,17H2,1-4H3/b22-16-/t23-,24+,26-,28-/m1/s1. The van der Waals surface area contributed by atoms with Crippen LogP contribution in [0.1, 0.15) is 61.9 Å². The number of nitrogens with zero attached hydrogens (tertiary/aromatic N) is 2. The monoisotopic (exact) mass is 528 g/mol. The first kappa shape index (κ1) is 27.3. The van der Waals surface area contributed by atoms with Crippen molar-refractivity contribution in [2.75, 3.05) is 6.54 Å². The number of phenolic OH excluding ortho intramolecular Hbond substituents is 1. The van der Waals surface area contributed by atoms with Crippen molar-refractivity contribution in [2.24, 2.45) is 17.8 Å². The molecule has 7 nitrogen and oxygen atoms in total. The van der Waals surface area contributed by atoms with Gasteiger partial charge in [-0.15, -0.1) is 0 Å². The number of hydrogen-bond donors (Lipinski definition) is 2. The molecule has 4 atom stereocenters. The van der Waals surface area contributed by atoms with Crippen LogP contribution >= 0.6 is 0 Å². The maximum atomic E-state index is 13.4. The fraction of sp³-hybridized carbons (Fsp3) is 0.452. The zero-order valence-corrected chi connectivity index (χ0v) is 23.2. The van der Waals surface area contributed by atoms with E-state index in [2.05, 4.69) is 11.1 Å². The van der Waals surface area contributed by atoms with Crippen LogP contribution < -0.4 is 0 Å². The Morgan fingerprint density at radius 3 is 2.56 bits per heavy atom. The maximum absolute atomic E-state index is 13.4. The average molecular weight is 528 g/mol. The summed E-state index contributed by atoms with van der Waals surface area (Å²) in [6, 6.07) is 9.74. The summed E-state index contributed by atoms with van der Waals surface area (Å²) in [6.45, 7) is 8.24. The van der Waals surface area contributed by atoms with Crippen LogP contribution in [0.25, 0.3) is 11.6 Å². The number of fused-ring (bicyclic) bond motifs is 3. The second kappa shape index (κ2) is 11.1. The van der Waals surface area contributed by atoms with E-state index in [1.807, 2.05) is 58.0 Å². The lowest BCUT2D eigenvalue weighted by Gasteiger charge is -2.42. The maximum Gasteiger partial charge on any atom is 0.455 e. The van der Waals surface area contributed by atoms with E-state index in [-0.39, 0.29) is 29.8 Å². The molecule has 0 saturated carbocycles. The summed E-state index contributed by atoms with van der Waals surface area (Å²) in [7, 11) is -0.983. The summed E-state index contributed by atoms with van der Waals surface area (Å²) in [6.07, 6.45) is 6.39. The third-order valence-electron chi connectivity index (χ3n) is 8.51. The molecule has 1 aliphatic carbocycles. The van der Waals surface area contributed by atoms with E-state index in [1.165, 1.54) is 4.90 Å². The molecule has 2 aliphatic heterocycles. The molecule has 2 saturated heterocycles. The first-order chi connectivity index (χ1) is 18.7.